The zero-order valence-electron chi connectivity index (χ0n) is 12.1. The predicted molar refractivity (Wildman–Crippen MR) is 77.2 cm³/mol. The van der Waals surface area contributed by atoms with Gasteiger partial charge >= 0.3 is 0 Å². The van der Waals surface area contributed by atoms with E-state index in [9.17, 15) is 0 Å². The maximum absolute atomic E-state index is 5.95. The predicted octanol–water partition coefficient (Wildman–Crippen LogP) is 2.41. The Labute approximate surface area is 115 Å². The number of hydrogen-bond acceptors (Lipinski definition) is 5. The van der Waals surface area contributed by atoms with Crippen LogP contribution in [-0.4, -0.2) is 30.2 Å². The summed E-state index contributed by atoms with van der Waals surface area (Å²) in [6, 6.07) is 0. The summed E-state index contributed by atoms with van der Waals surface area (Å²) in [4.78, 5) is 8.42. The van der Waals surface area contributed by atoms with Crippen molar-refractivity contribution >= 4 is 11.6 Å². The molecule has 2 rings (SSSR count). The van der Waals surface area contributed by atoms with Gasteiger partial charge in [-0.25, -0.2) is 9.97 Å². The average Bonchev–Trinajstić information content (AvgIpc) is 3.14. The summed E-state index contributed by atoms with van der Waals surface area (Å²) in [6.07, 6.45) is 5.16. The Hall–Kier alpha value is -1.36. The van der Waals surface area contributed by atoms with Gasteiger partial charge in [-0.15, -0.1) is 0 Å². The first kappa shape index (κ1) is 14.1. The molecule has 3 N–H and O–H groups in total. The molecule has 0 spiro atoms. The fourth-order valence-corrected chi connectivity index (χ4v) is 2.40. The minimum absolute atomic E-state index is 0.317. The third-order valence-electron chi connectivity index (χ3n) is 3.92. The second-order valence-corrected chi connectivity index (χ2v) is 5.77. The fourth-order valence-electron chi connectivity index (χ4n) is 2.40. The molecule has 1 aromatic heterocycles. The molecule has 0 unspecified atom stereocenters. The van der Waals surface area contributed by atoms with E-state index < -0.39 is 0 Å². The second-order valence-electron chi connectivity index (χ2n) is 5.77. The van der Waals surface area contributed by atoms with E-state index in [4.69, 9.17) is 10.5 Å². The van der Waals surface area contributed by atoms with Gasteiger partial charge in [-0.1, -0.05) is 13.8 Å². The Morgan fingerprint density at radius 2 is 2.16 bits per heavy atom. The van der Waals surface area contributed by atoms with E-state index in [0.29, 0.717) is 17.2 Å². The van der Waals surface area contributed by atoms with Crippen LogP contribution in [0.4, 0.5) is 11.6 Å². The summed E-state index contributed by atoms with van der Waals surface area (Å²) in [5.74, 6) is 1.78. The largest absolute Gasteiger partial charge is 0.385 e. The highest BCUT2D eigenvalue weighted by atomic mass is 16.5. The van der Waals surface area contributed by atoms with Crippen LogP contribution in [-0.2, 0) is 4.74 Å². The number of anilines is 2. The molecule has 0 bridgehead atoms. The zero-order valence-corrected chi connectivity index (χ0v) is 12.1. The van der Waals surface area contributed by atoms with Crippen LogP contribution in [0.3, 0.4) is 0 Å². The van der Waals surface area contributed by atoms with Crippen molar-refractivity contribution in [2.75, 3.05) is 31.3 Å². The van der Waals surface area contributed by atoms with Crippen molar-refractivity contribution in [1.82, 2.24) is 9.97 Å². The normalized spacial score (nSPS) is 16.6. The first-order chi connectivity index (χ1) is 9.08. The van der Waals surface area contributed by atoms with Crippen LogP contribution in [0.2, 0.25) is 0 Å². The molecule has 0 radical (unpaired) electrons. The van der Waals surface area contributed by atoms with Crippen LogP contribution in [0.15, 0.2) is 6.33 Å². The number of nitrogens with zero attached hydrogens (tertiary/aromatic N) is 2. The molecule has 19 heavy (non-hydrogen) atoms. The van der Waals surface area contributed by atoms with E-state index >= 15 is 0 Å². The molecule has 1 heterocycles. The lowest BCUT2D eigenvalue weighted by molar-refractivity contribution is 0.175. The Morgan fingerprint density at radius 3 is 2.74 bits per heavy atom. The maximum atomic E-state index is 5.95. The highest BCUT2D eigenvalue weighted by molar-refractivity contribution is 5.56. The Balaban J connectivity index is 2.02. The third-order valence-corrected chi connectivity index (χ3v) is 3.92. The summed E-state index contributed by atoms with van der Waals surface area (Å²) < 4.78 is 5.18. The minimum Gasteiger partial charge on any atom is -0.385 e. The van der Waals surface area contributed by atoms with E-state index in [1.165, 1.54) is 19.2 Å². The average molecular weight is 264 g/mol. The standard InChI is InChI=1S/C14H24N4O/c1-10(2)11-12(15)17-9-18-13(11)16-8-14(4-5-14)6-7-19-3/h9-10H,4-8H2,1-3H3,(H3,15,16,17,18). The number of hydrogen-bond donors (Lipinski definition) is 2. The Kier molecular flexibility index (Phi) is 4.24. The lowest BCUT2D eigenvalue weighted by Gasteiger charge is -2.19. The molecule has 0 atom stereocenters. The summed E-state index contributed by atoms with van der Waals surface area (Å²) in [5.41, 5.74) is 7.36. The smallest absolute Gasteiger partial charge is 0.134 e. The van der Waals surface area contributed by atoms with Crippen molar-refractivity contribution in [2.24, 2.45) is 5.41 Å². The molecule has 0 aliphatic heterocycles. The van der Waals surface area contributed by atoms with Gasteiger partial charge in [-0.3, -0.25) is 0 Å². The van der Waals surface area contributed by atoms with Crippen molar-refractivity contribution in [1.29, 1.82) is 0 Å². The van der Waals surface area contributed by atoms with Gasteiger partial charge in [0.25, 0.3) is 0 Å². The molecule has 106 valence electrons. The van der Waals surface area contributed by atoms with Crippen LogP contribution >= 0.6 is 0 Å². The number of aromatic nitrogens is 2. The number of methoxy groups -OCH3 is 1. The molecule has 1 saturated carbocycles. The SMILES string of the molecule is COCCC1(CNc2ncnc(N)c2C(C)C)CC1. The lowest BCUT2D eigenvalue weighted by Crippen LogP contribution is -2.19. The molecular formula is C14H24N4O. The summed E-state index contributed by atoms with van der Waals surface area (Å²) >= 11 is 0. The fraction of sp³-hybridized carbons (Fsp3) is 0.714. The number of nitrogen functional groups attached to an aromatic ring is 1. The molecule has 1 fully saturated rings. The molecule has 5 heteroatoms. The Morgan fingerprint density at radius 1 is 1.42 bits per heavy atom. The third kappa shape index (κ3) is 3.35. The van der Waals surface area contributed by atoms with Gasteiger partial charge in [0.1, 0.15) is 18.0 Å². The molecule has 0 amide bonds. The molecule has 1 aromatic rings. The first-order valence-electron chi connectivity index (χ1n) is 6.91. The number of nitrogens with one attached hydrogen (secondary N) is 1. The zero-order chi connectivity index (χ0) is 13.9. The van der Waals surface area contributed by atoms with Gasteiger partial charge in [0.05, 0.1) is 0 Å². The highest BCUT2D eigenvalue weighted by Gasteiger charge is 2.41. The van der Waals surface area contributed by atoms with Gasteiger partial charge in [0.2, 0.25) is 0 Å². The van der Waals surface area contributed by atoms with Gasteiger partial charge in [-0.05, 0) is 30.6 Å². The first-order valence-corrected chi connectivity index (χ1v) is 6.91. The quantitative estimate of drug-likeness (QED) is 0.791. The van der Waals surface area contributed by atoms with Crippen LogP contribution in [0.1, 0.15) is 44.6 Å². The van der Waals surface area contributed by atoms with E-state index in [2.05, 4.69) is 29.1 Å². The van der Waals surface area contributed by atoms with Crippen molar-refractivity contribution in [2.45, 2.75) is 39.0 Å². The van der Waals surface area contributed by atoms with Gasteiger partial charge in [0, 0.05) is 25.8 Å². The highest BCUT2D eigenvalue weighted by Crippen LogP contribution is 2.48. The van der Waals surface area contributed by atoms with Crippen LogP contribution in [0, 0.1) is 5.41 Å². The molecule has 1 aliphatic carbocycles. The second kappa shape index (κ2) is 5.74. The maximum Gasteiger partial charge on any atom is 0.134 e. The number of rotatable bonds is 7. The monoisotopic (exact) mass is 264 g/mol. The molecule has 0 aromatic carbocycles. The van der Waals surface area contributed by atoms with Crippen LogP contribution < -0.4 is 11.1 Å². The van der Waals surface area contributed by atoms with Crippen molar-refractivity contribution < 1.29 is 4.74 Å². The van der Waals surface area contributed by atoms with E-state index in [1.807, 2.05) is 0 Å². The minimum atomic E-state index is 0.317. The topological polar surface area (TPSA) is 73.1 Å². The number of ether oxygens (including phenoxy) is 1. The molecular weight excluding hydrogens is 240 g/mol. The number of nitrogens with two attached hydrogens (primary N) is 1. The lowest BCUT2D eigenvalue weighted by atomic mass is 10.0. The van der Waals surface area contributed by atoms with Crippen molar-refractivity contribution in [3.63, 3.8) is 0 Å². The Bertz CT molecular complexity index is 429. The van der Waals surface area contributed by atoms with Crippen LogP contribution in [0.5, 0.6) is 0 Å². The molecule has 5 nitrogen and oxygen atoms in total. The van der Waals surface area contributed by atoms with Gasteiger partial charge in [0.15, 0.2) is 0 Å². The summed E-state index contributed by atoms with van der Waals surface area (Å²) in [5, 5.41) is 3.46. The van der Waals surface area contributed by atoms with E-state index in [0.717, 1.165) is 31.0 Å². The van der Waals surface area contributed by atoms with Gasteiger partial charge in [-0.2, -0.15) is 0 Å². The van der Waals surface area contributed by atoms with Gasteiger partial charge < -0.3 is 15.8 Å². The van der Waals surface area contributed by atoms with E-state index in [-0.39, 0.29) is 0 Å². The molecule has 0 saturated heterocycles. The van der Waals surface area contributed by atoms with Crippen molar-refractivity contribution in [3.05, 3.63) is 11.9 Å². The van der Waals surface area contributed by atoms with Crippen LogP contribution in [0.25, 0.3) is 0 Å². The summed E-state index contributed by atoms with van der Waals surface area (Å²) in [6.45, 7) is 5.98. The van der Waals surface area contributed by atoms with Crippen molar-refractivity contribution in [3.8, 4) is 0 Å². The van der Waals surface area contributed by atoms with E-state index in [1.54, 1.807) is 7.11 Å². The molecule has 1 aliphatic rings. The summed E-state index contributed by atoms with van der Waals surface area (Å²) in [7, 11) is 1.76.